The first-order chi connectivity index (χ1) is 16.0. The van der Waals surface area contributed by atoms with Gasteiger partial charge in [-0.1, -0.05) is 35.9 Å². The van der Waals surface area contributed by atoms with Crippen molar-refractivity contribution in [2.45, 2.75) is 40.2 Å². The van der Waals surface area contributed by atoms with Crippen molar-refractivity contribution in [1.29, 1.82) is 0 Å². The number of aliphatic carboxylic acids is 1. The summed E-state index contributed by atoms with van der Waals surface area (Å²) in [6, 6.07) is 11.4. The number of hydrogen-bond donors (Lipinski definition) is 4. The van der Waals surface area contributed by atoms with Crippen LogP contribution in [0.5, 0.6) is 5.75 Å². The highest BCUT2D eigenvalue weighted by Gasteiger charge is 2.21. The number of nitrogens with zero attached hydrogens (tertiary/aromatic N) is 1. The van der Waals surface area contributed by atoms with Crippen LogP contribution < -0.4 is 16.2 Å². The number of nitrogens with one attached hydrogen (secondary N) is 2. The van der Waals surface area contributed by atoms with Gasteiger partial charge in [-0.2, -0.15) is 0 Å². The van der Waals surface area contributed by atoms with Crippen molar-refractivity contribution >= 4 is 17.7 Å². The number of pyridine rings is 1. The number of urea groups is 1. The Hall–Kier alpha value is -4.07. The van der Waals surface area contributed by atoms with Crippen molar-refractivity contribution in [3.05, 3.63) is 80.8 Å². The standard InChI is InChI=1S/C26H29N3O5/c1-14-9-18(12-19(10-14)23-15(2)7-6-8-16(23)3)20(13-22(31)32)27-26(34)28-24-21(30)11-17(4)29(5)25(24)33/h6-12,20,30H,13H2,1-5H3,(H,31,32)(H2,27,28,34)/t20-/m0/s1. The van der Waals surface area contributed by atoms with Crippen LogP contribution in [0.4, 0.5) is 10.5 Å². The predicted molar refractivity (Wildman–Crippen MR) is 131 cm³/mol. The molecule has 1 aromatic heterocycles. The summed E-state index contributed by atoms with van der Waals surface area (Å²) in [7, 11) is 1.52. The van der Waals surface area contributed by atoms with Crippen LogP contribution in [0.2, 0.25) is 0 Å². The molecule has 0 spiro atoms. The molecule has 0 radical (unpaired) electrons. The van der Waals surface area contributed by atoms with Gasteiger partial charge in [0.25, 0.3) is 5.56 Å². The summed E-state index contributed by atoms with van der Waals surface area (Å²) < 4.78 is 1.29. The van der Waals surface area contributed by atoms with Crippen molar-refractivity contribution in [3.8, 4) is 16.9 Å². The zero-order valence-corrected chi connectivity index (χ0v) is 19.9. The summed E-state index contributed by atoms with van der Waals surface area (Å²) in [5, 5.41) is 24.6. The molecule has 0 bridgehead atoms. The molecule has 8 nitrogen and oxygen atoms in total. The van der Waals surface area contributed by atoms with Crippen LogP contribution in [0.3, 0.4) is 0 Å². The molecule has 0 unspecified atom stereocenters. The van der Waals surface area contributed by atoms with Gasteiger partial charge in [0.1, 0.15) is 5.75 Å². The van der Waals surface area contributed by atoms with Crippen LogP contribution in [-0.2, 0) is 11.8 Å². The maximum absolute atomic E-state index is 12.8. The van der Waals surface area contributed by atoms with E-state index in [0.717, 1.165) is 27.8 Å². The van der Waals surface area contributed by atoms with E-state index in [0.29, 0.717) is 11.3 Å². The minimum absolute atomic E-state index is 0.278. The minimum Gasteiger partial charge on any atom is -0.505 e. The smallest absolute Gasteiger partial charge is 0.319 e. The normalized spacial score (nSPS) is 11.7. The van der Waals surface area contributed by atoms with Crippen LogP contribution in [0, 0.1) is 27.7 Å². The van der Waals surface area contributed by atoms with Crippen molar-refractivity contribution in [3.63, 3.8) is 0 Å². The summed E-state index contributed by atoms with van der Waals surface area (Å²) in [5.74, 6) is -1.45. The number of carboxylic acids is 1. The molecule has 1 atom stereocenters. The third kappa shape index (κ3) is 5.28. The van der Waals surface area contributed by atoms with Crippen LogP contribution in [0.25, 0.3) is 11.1 Å². The summed E-state index contributed by atoms with van der Waals surface area (Å²) in [4.78, 5) is 36.8. The summed E-state index contributed by atoms with van der Waals surface area (Å²) in [6.45, 7) is 7.59. The van der Waals surface area contributed by atoms with Gasteiger partial charge in [-0.15, -0.1) is 0 Å². The molecular weight excluding hydrogens is 434 g/mol. The number of carbonyl (C=O) groups is 2. The Labute approximate surface area is 197 Å². The molecule has 3 aromatic rings. The molecule has 178 valence electrons. The lowest BCUT2D eigenvalue weighted by Gasteiger charge is -2.21. The van der Waals surface area contributed by atoms with Gasteiger partial charge in [-0.05, 0) is 61.6 Å². The zero-order valence-electron chi connectivity index (χ0n) is 19.9. The van der Waals surface area contributed by atoms with Gasteiger partial charge in [0, 0.05) is 18.8 Å². The Bertz CT molecular complexity index is 1310. The quantitative estimate of drug-likeness (QED) is 0.434. The highest BCUT2D eigenvalue weighted by molar-refractivity contribution is 5.91. The number of aromatic nitrogens is 1. The first-order valence-electron chi connectivity index (χ1n) is 10.8. The number of carbonyl (C=O) groups excluding carboxylic acids is 1. The molecule has 0 aliphatic rings. The molecule has 0 aliphatic carbocycles. The largest absolute Gasteiger partial charge is 0.505 e. The Morgan fingerprint density at radius 1 is 1.03 bits per heavy atom. The first-order valence-corrected chi connectivity index (χ1v) is 10.8. The highest BCUT2D eigenvalue weighted by Crippen LogP contribution is 2.31. The van der Waals surface area contributed by atoms with Gasteiger partial charge < -0.3 is 25.4 Å². The van der Waals surface area contributed by atoms with Crippen LogP contribution in [0.1, 0.15) is 40.4 Å². The van der Waals surface area contributed by atoms with Crippen LogP contribution in [-0.4, -0.2) is 26.8 Å². The Morgan fingerprint density at radius 2 is 1.68 bits per heavy atom. The second kappa shape index (κ2) is 9.82. The van der Waals surface area contributed by atoms with Gasteiger partial charge in [-0.3, -0.25) is 9.59 Å². The van der Waals surface area contributed by atoms with E-state index < -0.39 is 23.6 Å². The second-order valence-corrected chi connectivity index (χ2v) is 8.56. The number of hydrogen-bond acceptors (Lipinski definition) is 4. The number of amides is 2. The van der Waals surface area contributed by atoms with Gasteiger partial charge in [0.2, 0.25) is 0 Å². The van der Waals surface area contributed by atoms with E-state index in [1.54, 1.807) is 6.92 Å². The topological polar surface area (TPSA) is 121 Å². The predicted octanol–water partition coefficient (Wildman–Crippen LogP) is 4.33. The molecule has 1 heterocycles. The van der Waals surface area contributed by atoms with Crippen LogP contribution >= 0.6 is 0 Å². The summed E-state index contributed by atoms with van der Waals surface area (Å²) in [6.07, 6.45) is -0.360. The number of aromatic hydroxyl groups is 1. The Morgan fingerprint density at radius 3 is 2.29 bits per heavy atom. The fraction of sp³-hybridized carbons (Fsp3) is 0.269. The molecule has 2 amide bonds. The number of rotatable bonds is 6. The fourth-order valence-corrected chi connectivity index (χ4v) is 4.08. The molecule has 3 rings (SSSR count). The van der Waals surface area contributed by atoms with Gasteiger partial charge in [0.05, 0.1) is 12.5 Å². The molecule has 2 aromatic carbocycles. The van der Waals surface area contributed by atoms with Crippen molar-refractivity contribution < 1.29 is 19.8 Å². The lowest BCUT2D eigenvalue weighted by Crippen LogP contribution is -2.36. The molecular formula is C26H29N3O5. The van der Waals surface area contributed by atoms with E-state index in [2.05, 4.69) is 10.6 Å². The molecule has 34 heavy (non-hydrogen) atoms. The SMILES string of the molecule is Cc1cc(-c2c(C)cccc2C)cc([C@H](CC(=O)O)NC(=O)Nc2c(O)cc(C)n(C)c2=O)c1. The van der Waals surface area contributed by atoms with Crippen LogP contribution in [0.15, 0.2) is 47.3 Å². The Kier molecular flexibility index (Phi) is 7.10. The van der Waals surface area contributed by atoms with Crippen molar-refractivity contribution in [2.24, 2.45) is 7.05 Å². The van der Waals surface area contributed by atoms with Crippen molar-refractivity contribution in [2.75, 3.05) is 5.32 Å². The van der Waals surface area contributed by atoms with E-state index in [1.807, 2.05) is 57.2 Å². The number of anilines is 1. The van der Waals surface area contributed by atoms with E-state index >= 15 is 0 Å². The third-order valence-corrected chi connectivity index (χ3v) is 5.84. The average molecular weight is 464 g/mol. The van der Waals surface area contributed by atoms with E-state index in [4.69, 9.17) is 0 Å². The number of carboxylic acid groups (broad SMARTS) is 1. The average Bonchev–Trinajstić information content (AvgIpc) is 2.74. The maximum atomic E-state index is 12.8. The maximum Gasteiger partial charge on any atom is 0.319 e. The highest BCUT2D eigenvalue weighted by atomic mass is 16.4. The summed E-state index contributed by atoms with van der Waals surface area (Å²) >= 11 is 0. The minimum atomic E-state index is -1.09. The Balaban J connectivity index is 1.97. The zero-order chi connectivity index (χ0) is 25.2. The lowest BCUT2D eigenvalue weighted by atomic mass is 9.91. The van der Waals surface area contributed by atoms with Gasteiger partial charge in [-0.25, -0.2) is 4.79 Å². The van der Waals surface area contributed by atoms with Gasteiger partial charge in [0.15, 0.2) is 5.69 Å². The molecule has 4 N–H and O–H groups in total. The second-order valence-electron chi connectivity index (χ2n) is 8.56. The first kappa shape index (κ1) is 24.6. The molecule has 0 fully saturated rings. The van der Waals surface area contributed by atoms with Crippen molar-refractivity contribution in [1.82, 2.24) is 9.88 Å². The van der Waals surface area contributed by atoms with E-state index in [1.165, 1.54) is 17.7 Å². The van der Waals surface area contributed by atoms with E-state index in [9.17, 15) is 24.6 Å². The third-order valence-electron chi connectivity index (χ3n) is 5.84. The fourth-order valence-electron chi connectivity index (χ4n) is 4.08. The molecule has 8 heteroatoms. The molecule has 0 saturated carbocycles. The van der Waals surface area contributed by atoms with E-state index in [-0.39, 0.29) is 17.9 Å². The lowest BCUT2D eigenvalue weighted by molar-refractivity contribution is -0.137. The molecule has 0 saturated heterocycles. The monoisotopic (exact) mass is 463 g/mol. The number of aryl methyl sites for hydroxylation is 4. The molecule has 0 aliphatic heterocycles. The number of benzene rings is 2. The van der Waals surface area contributed by atoms with Gasteiger partial charge >= 0.3 is 12.0 Å². The summed E-state index contributed by atoms with van der Waals surface area (Å²) in [5.41, 5.74) is 5.36.